The highest BCUT2D eigenvalue weighted by Crippen LogP contribution is 2.47. The van der Waals surface area contributed by atoms with Crippen molar-refractivity contribution in [3.63, 3.8) is 0 Å². The quantitative estimate of drug-likeness (QED) is 0.734. The van der Waals surface area contributed by atoms with E-state index in [0.29, 0.717) is 22.6 Å². The molecule has 0 unspecified atom stereocenters. The van der Waals surface area contributed by atoms with E-state index >= 15 is 4.39 Å². The van der Waals surface area contributed by atoms with Gasteiger partial charge in [0.1, 0.15) is 24.1 Å². The molecule has 1 aliphatic rings. The Bertz CT molecular complexity index is 1010. The van der Waals surface area contributed by atoms with E-state index in [1.165, 1.54) is 6.33 Å². The first kappa shape index (κ1) is 18.6. The molecule has 1 aliphatic heterocycles. The topological polar surface area (TPSA) is 68.5 Å². The molecule has 3 aromatic rings. The Morgan fingerprint density at radius 3 is 2.71 bits per heavy atom. The second kappa shape index (κ2) is 6.98. The lowest BCUT2D eigenvalue weighted by Crippen LogP contribution is -2.31. The molecule has 0 aliphatic carbocycles. The number of hydrogen-bond donors (Lipinski definition) is 1. The second-order valence-electron chi connectivity index (χ2n) is 7.42. The minimum Gasteiger partial charge on any atom is -0.362 e. The lowest BCUT2D eigenvalue weighted by Gasteiger charge is -2.26. The van der Waals surface area contributed by atoms with Crippen molar-refractivity contribution in [2.45, 2.75) is 45.1 Å². The molecule has 7 heteroatoms. The summed E-state index contributed by atoms with van der Waals surface area (Å²) in [4.78, 5) is 16.7. The number of carbonyl (C=O) groups is 1. The molecule has 28 heavy (non-hydrogen) atoms. The van der Waals surface area contributed by atoms with Gasteiger partial charge >= 0.3 is 0 Å². The Balaban J connectivity index is 1.67. The van der Waals surface area contributed by atoms with Crippen molar-refractivity contribution >= 4 is 17.2 Å². The monoisotopic (exact) mass is 382 g/mol. The molecule has 1 saturated heterocycles. The van der Waals surface area contributed by atoms with E-state index in [0.717, 1.165) is 6.42 Å². The number of carbonyl (C=O) groups excluding carboxylic acids is 1. The van der Waals surface area contributed by atoms with Gasteiger partial charge in [0, 0.05) is 11.5 Å². The number of benzene rings is 1. The maximum Gasteiger partial charge on any atom is 0.256 e. The Morgan fingerprint density at radius 1 is 1.29 bits per heavy atom. The highest BCUT2D eigenvalue weighted by molar-refractivity contribution is 6.05. The Kier molecular flexibility index (Phi) is 4.63. The van der Waals surface area contributed by atoms with Gasteiger partial charge in [-0.3, -0.25) is 4.79 Å². The van der Waals surface area contributed by atoms with E-state index in [4.69, 9.17) is 4.74 Å². The standard InChI is InChI=1S/C21H23FN4O2/c1-4-21(3)13(2)17(22)18(28-21)15-10-11-16-19(23-12-24-26(15)16)25-20(27)14-8-6-5-7-9-14/h5-13,17-18H,4H2,1-3H3,(H,23,24,25,27)/t13-,17+,18-,21+/m0/s1. The third-order valence-corrected chi connectivity index (χ3v) is 5.87. The first-order chi connectivity index (χ1) is 13.4. The van der Waals surface area contributed by atoms with Gasteiger partial charge in [0.15, 0.2) is 5.82 Å². The highest BCUT2D eigenvalue weighted by atomic mass is 19.1. The minimum atomic E-state index is -1.14. The minimum absolute atomic E-state index is 0.229. The van der Waals surface area contributed by atoms with Gasteiger partial charge in [0.2, 0.25) is 0 Å². The van der Waals surface area contributed by atoms with E-state index in [-0.39, 0.29) is 11.8 Å². The number of aromatic nitrogens is 3. The van der Waals surface area contributed by atoms with E-state index in [9.17, 15) is 4.79 Å². The lowest BCUT2D eigenvalue weighted by molar-refractivity contribution is -0.0510. The van der Waals surface area contributed by atoms with Gasteiger partial charge in [-0.05, 0) is 37.6 Å². The van der Waals surface area contributed by atoms with Gasteiger partial charge in [-0.25, -0.2) is 13.9 Å². The molecular formula is C21H23FN4O2. The summed E-state index contributed by atoms with van der Waals surface area (Å²) in [5.74, 6) is -0.126. The molecule has 4 rings (SSSR count). The lowest BCUT2D eigenvalue weighted by atomic mass is 9.86. The number of nitrogens with one attached hydrogen (secondary N) is 1. The Morgan fingerprint density at radius 2 is 2.04 bits per heavy atom. The van der Waals surface area contributed by atoms with Crippen LogP contribution in [0.5, 0.6) is 0 Å². The first-order valence-corrected chi connectivity index (χ1v) is 9.45. The van der Waals surface area contributed by atoms with E-state index in [1.54, 1.807) is 40.9 Å². The summed E-state index contributed by atoms with van der Waals surface area (Å²) in [7, 11) is 0. The Hall–Kier alpha value is -2.80. The van der Waals surface area contributed by atoms with Crippen LogP contribution in [0.2, 0.25) is 0 Å². The number of alkyl halides is 1. The molecule has 6 nitrogen and oxygen atoms in total. The van der Waals surface area contributed by atoms with Crippen molar-refractivity contribution in [1.82, 2.24) is 14.6 Å². The maximum absolute atomic E-state index is 15.0. The molecule has 1 N–H and O–H groups in total. The summed E-state index contributed by atoms with van der Waals surface area (Å²) in [5, 5.41) is 7.07. The number of fused-ring (bicyclic) bond motifs is 1. The summed E-state index contributed by atoms with van der Waals surface area (Å²) < 4.78 is 22.8. The van der Waals surface area contributed by atoms with Crippen molar-refractivity contribution in [1.29, 1.82) is 0 Å². The fraction of sp³-hybridized carbons (Fsp3) is 0.381. The number of rotatable bonds is 4. The van der Waals surface area contributed by atoms with Crippen molar-refractivity contribution in [2.24, 2.45) is 5.92 Å². The van der Waals surface area contributed by atoms with Gasteiger partial charge in [-0.1, -0.05) is 32.0 Å². The molecule has 0 bridgehead atoms. The van der Waals surface area contributed by atoms with Crippen LogP contribution in [0.3, 0.4) is 0 Å². The van der Waals surface area contributed by atoms with Crippen LogP contribution in [0.25, 0.3) is 5.52 Å². The molecule has 1 aromatic carbocycles. The van der Waals surface area contributed by atoms with E-state index in [1.807, 2.05) is 26.8 Å². The number of nitrogens with zero attached hydrogens (tertiary/aromatic N) is 3. The number of amides is 1. The van der Waals surface area contributed by atoms with Crippen LogP contribution in [-0.4, -0.2) is 32.3 Å². The summed E-state index contributed by atoms with van der Waals surface area (Å²) in [5.41, 5.74) is 1.21. The molecule has 1 amide bonds. The molecule has 0 radical (unpaired) electrons. The van der Waals surface area contributed by atoms with E-state index < -0.39 is 17.9 Å². The van der Waals surface area contributed by atoms with Crippen LogP contribution in [0, 0.1) is 5.92 Å². The largest absolute Gasteiger partial charge is 0.362 e. The van der Waals surface area contributed by atoms with Crippen molar-refractivity contribution in [2.75, 3.05) is 5.32 Å². The van der Waals surface area contributed by atoms with E-state index in [2.05, 4.69) is 15.4 Å². The predicted molar refractivity (Wildman–Crippen MR) is 104 cm³/mol. The molecule has 146 valence electrons. The van der Waals surface area contributed by atoms with Gasteiger partial charge in [0.25, 0.3) is 5.91 Å². The van der Waals surface area contributed by atoms with Crippen LogP contribution in [0.15, 0.2) is 48.8 Å². The maximum atomic E-state index is 15.0. The number of anilines is 1. The fourth-order valence-corrected chi connectivity index (χ4v) is 3.73. The SMILES string of the molecule is CC[C@@]1(C)O[C@@H](c2ccc3c(NC(=O)c4ccccc4)ncnn23)[C@H](F)[C@@H]1C. The summed E-state index contributed by atoms with van der Waals surface area (Å²) in [6.07, 6.45) is 0.221. The van der Waals surface area contributed by atoms with Gasteiger partial charge in [0.05, 0.1) is 11.3 Å². The van der Waals surface area contributed by atoms with Crippen molar-refractivity contribution < 1.29 is 13.9 Å². The average molecular weight is 382 g/mol. The fourth-order valence-electron chi connectivity index (χ4n) is 3.73. The van der Waals surface area contributed by atoms with Crippen molar-refractivity contribution in [3.05, 3.63) is 60.0 Å². The van der Waals surface area contributed by atoms with Crippen LogP contribution in [0.4, 0.5) is 10.2 Å². The van der Waals surface area contributed by atoms with Crippen LogP contribution in [-0.2, 0) is 4.74 Å². The van der Waals surface area contributed by atoms with Crippen LogP contribution >= 0.6 is 0 Å². The summed E-state index contributed by atoms with van der Waals surface area (Å²) in [6.45, 7) is 5.83. The number of halogens is 1. The number of ether oxygens (including phenoxy) is 1. The van der Waals surface area contributed by atoms with Crippen LogP contribution in [0.1, 0.15) is 49.3 Å². The van der Waals surface area contributed by atoms with Crippen LogP contribution < -0.4 is 5.32 Å². The molecular weight excluding hydrogens is 359 g/mol. The molecule has 3 heterocycles. The third-order valence-electron chi connectivity index (χ3n) is 5.87. The van der Waals surface area contributed by atoms with Crippen molar-refractivity contribution in [3.8, 4) is 0 Å². The zero-order chi connectivity index (χ0) is 19.9. The first-order valence-electron chi connectivity index (χ1n) is 9.45. The normalized spacial score (nSPS) is 27.2. The highest BCUT2D eigenvalue weighted by Gasteiger charge is 2.50. The summed E-state index contributed by atoms with van der Waals surface area (Å²) in [6, 6.07) is 12.5. The number of hydrogen-bond acceptors (Lipinski definition) is 4. The second-order valence-corrected chi connectivity index (χ2v) is 7.42. The molecule has 1 fully saturated rings. The molecule has 2 aromatic heterocycles. The third kappa shape index (κ3) is 2.96. The molecule has 4 atom stereocenters. The zero-order valence-electron chi connectivity index (χ0n) is 16.1. The molecule has 0 saturated carbocycles. The smallest absolute Gasteiger partial charge is 0.256 e. The average Bonchev–Trinajstić information content (AvgIpc) is 3.24. The Labute approximate surface area is 162 Å². The predicted octanol–water partition coefficient (Wildman–Crippen LogP) is 4.20. The van der Waals surface area contributed by atoms with Gasteiger partial charge in [-0.2, -0.15) is 5.10 Å². The molecule has 0 spiro atoms. The zero-order valence-corrected chi connectivity index (χ0v) is 16.1. The van der Waals surface area contributed by atoms with Gasteiger partial charge in [-0.15, -0.1) is 0 Å². The summed E-state index contributed by atoms with van der Waals surface area (Å²) >= 11 is 0. The van der Waals surface area contributed by atoms with Gasteiger partial charge < -0.3 is 10.1 Å².